The molecule has 1 atom stereocenters. The van der Waals surface area contributed by atoms with Gasteiger partial charge in [0.25, 0.3) is 0 Å². The summed E-state index contributed by atoms with van der Waals surface area (Å²) in [6.45, 7) is 4.61. The van der Waals surface area contributed by atoms with Gasteiger partial charge in [0.15, 0.2) is 0 Å². The topological polar surface area (TPSA) is 41.5 Å². The maximum atomic E-state index is 9.86. The fraction of sp³-hybridized carbons (Fsp3) is 1.00. The van der Waals surface area contributed by atoms with Crippen LogP contribution in [0.4, 0.5) is 0 Å². The summed E-state index contributed by atoms with van der Waals surface area (Å²) in [5.41, 5.74) is -0.557. The Labute approximate surface area is 93.2 Å². The first-order valence-electron chi connectivity index (χ1n) is 6.06. The van der Waals surface area contributed by atoms with E-state index < -0.39 is 5.60 Å². The molecule has 1 aliphatic rings. The number of hydrogen-bond donors (Lipinski definition) is 2. The van der Waals surface area contributed by atoms with Crippen molar-refractivity contribution in [2.75, 3.05) is 13.7 Å². The molecule has 1 unspecified atom stereocenters. The van der Waals surface area contributed by atoms with E-state index in [1.807, 2.05) is 13.8 Å². The average molecular weight is 215 g/mol. The van der Waals surface area contributed by atoms with E-state index in [2.05, 4.69) is 5.32 Å². The van der Waals surface area contributed by atoms with Crippen LogP contribution in [0.15, 0.2) is 0 Å². The number of hydrogen-bond acceptors (Lipinski definition) is 3. The third-order valence-corrected chi connectivity index (χ3v) is 3.54. The minimum atomic E-state index is -0.557. The molecular formula is C12H25NO2. The molecule has 0 aromatic carbocycles. The molecule has 0 bridgehead atoms. The third kappa shape index (κ3) is 4.49. The van der Waals surface area contributed by atoms with Crippen LogP contribution in [0.1, 0.15) is 46.0 Å². The highest BCUT2D eigenvalue weighted by molar-refractivity contribution is 4.81. The fourth-order valence-electron chi connectivity index (χ4n) is 1.99. The lowest BCUT2D eigenvalue weighted by atomic mass is 9.92. The quantitative estimate of drug-likeness (QED) is 0.733. The number of rotatable bonds is 5. The van der Waals surface area contributed by atoms with Crippen molar-refractivity contribution in [2.45, 2.75) is 63.7 Å². The zero-order chi connectivity index (χ0) is 11.3. The second kappa shape index (κ2) is 5.83. The number of methoxy groups -OCH3 is 1. The van der Waals surface area contributed by atoms with Crippen LogP contribution < -0.4 is 5.32 Å². The summed E-state index contributed by atoms with van der Waals surface area (Å²) < 4.78 is 5.33. The minimum Gasteiger partial charge on any atom is -0.389 e. The summed E-state index contributed by atoms with van der Waals surface area (Å²) in [6.07, 6.45) is 5.87. The minimum absolute atomic E-state index is 0.453. The zero-order valence-electron chi connectivity index (χ0n) is 10.3. The van der Waals surface area contributed by atoms with Gasteiger partial charge in [-0.1, -0.05) is 6.92 Å². The van der Waals surface area contributed by atoms with Gasteiger partial charge in [-0.15, -0.1) is 0 Å². The van der Waals surface area contributed by atoms with Gasteiger partial charge in [0, 0.05) is 19.7 Å². The fourth-order valence-corrected chi connectivity index (χ4v) is 1.99. The highest BCUT2D eigenvalue weighted by Gasteiger charge is 2.23. The Bertz CT molecular complexity index is 174. The van der Waals surface area contributed by atoms with Gasteiger partial charge in [0.05, 0.1) is 11.7 Å². The van der Waals surface area contributed by atoms with E-state index in [0.717, 1.165) is 32.1 Å². The van der Waals surface area contributed by atoms with Gasteiger partial charge in [0.2, 0.25) is 0 Å². The highest BCUT2D eigenvalue weighted by atomic mass is 16.5. The van der Waals surface area contributed by atoms with Crippen molar-refractivity contribution in [3.8, 4) is 0 Å². The van der Waals surface area contributed by atoms with Crippen molar-refractivity contribution >= 4 is 0 Å². The van der Waals surface area contributed by atoms with E-state index in [1.165, 1.54) is 0 Å². The lowest BCUT2D eigenvalue weighted by Gasteiger charge is -2.31. The Balaban J connectivity index is 2.19. The molecule has 1 rings (SSSR count). The lowest BCUT2D eigenvalue weighted by molar-refractivity contribution is 0.0396. The Morgan fingerprint density at radius 1 is 1.33 bits per heavy atom. The summed E-state index contributed by atoms with van der Waals surface area (Å²) in [5, 5.41) is 13.3. The highest BCUT2D eigenvalue weighted by Crippen LogP contribution is 2.21. The van der Waals surface area contributed by atoms with Crippen molar-refractivity contribution < 1.29 is 9.84 Å². The SMILES string of the molecule is CCC(C)(O)CNC1CCC(OC)CC1. The van der Waals surface area contributed by atoms with Gasteiger partial charge in [-0.25, -0.2) is 0 Å². The summed E-state index contributed by atoms with van der Waals surface area (Å²) in [7, 11) is 1.79. The molecule has 90 valence electrons. The molecule has 0 heterocycles. The van der Waals surface area contributed by atoms with Crippen LogP contribution in [0.2, 0.25) is 0 Å². The summed E-state index contributed by atoms with van der Waals surface area (Å²) in [4.78, 5) is 0. The molecule has 1 saturated carbocycles. The molecule has 2 N–H and O–H groups in total. The van der Waals surface area contributed by atoms with Crippen LogP contribution in [0.5, 0.6) is 0 Å². The predicted octanol–water partition coefficient (Wildman–Crippen LogP) is 1.69. The van der Waals surface area contributed by atoms with E-state index in [-0.39, 0.29) is 0 Å². The van der Waals surface area contributed by atoms with E-state index in [0.29, 0.717) is 18.7 Å². The van der Waals surface area contributed by atoms with Crippen molar-refractivity contribution in [3.63, 3.8) is 0 Å². The zero-order valence-corrected chi connectivity index (χ0v) is 10.3. The Hall–Kier alpha value is -0.120. The molecule has 3 nitrogen and oxygen atoms in total. The number of aliphatic hydroxyl groups is 1. The molecule has 0 spiro atoms. The van der Waals surface area contributed by atoms with Crippen LogP contribution in [-0.4, -0.2) is 36.5 Å². The van der Waals surface area contributed by atoms with Gasteiger partial charge in [-0.05, 0) is 39.0 Å². The molecule has 1 aliphatic carbocycles. The molecular weight excluding hydrogens is 190 g/mol. The lowest BCUT2D eigenvalue weighted by Crippen LogP contribution is -2.44. The third-order valence-electron chi connectivity index (χ3n) is 3.54. The molecule has 15 heavy (non-hydrogen) atoms. The monoisotopic (exact) mass is 215 g/mol. The second-order valence-corrected chi connectivity index (χ2v) is 4.94. The average Bonchev–Trinajstić information content (AvgIpc) is 2.27. The van der Waals surface area contributed by atoms with Crippen LogP contribution in [-0.2, 0) is 4.74 Å². The van der Waals surface area contributed by atoms with E-state index in [1.54, 1.807) is 7.11 Å². The van der Waals surface area contributed by atoms with Crippen LogP contribution in [0, 0.1) is 0 Å². The standard InChI is InChI=1S/C12H25NO2/c1-4-12(2,14)9-13-10-5-7-11(15-3)8-6-10/h10-11,13-14H,4-9H2,1-3H3. The van der Waals surface area contributed by atoms with Crippen LogP contribution >= 0.6 is 0 Å². The number of nitrogens with one attached hydrogen (secondary N) is 1. The largest absolute Gasteiger partial charge is 0.389 e. The normalized spacial score (nSPS) is 31.2. The van der Waals surface area contributed by atoms with Gasteiger partial charge < -0.3 is 15.2 Å². The first kappa shape index (κ1) is 12.9. The van der Waals surface area contributed by atoms with E-state index in [4.69, 9.17) is 4.74 Å². The predicted molar refractivity (Wildman–Crippen MR) is 62.0 cm³/mol. The molecule has 0 amide bonds. The Morgan fingerprint density at radius 3 is 2.40 bits per heavy atom. The second-order valence-electron chi connectivity index (χ2n) is 4.94. The smallest absolute Gasteiger partial charge is 0.0741 e. The van der Waals surface area contributed by atoms with Gasteiger partial charge in [-0.2, -0.15) is 0 Å². The molecule has 1 fully saturated rings. The van der Waals surface area contributed by atoms with Crippen molar-refractivity contribution in [1.82, 2.24) is 5.32 Å². The first-order chi connectivity index (χ1) is 7.07. The van der Waals surface area contributed by atoms with Crippen LogP contribution in [0.3, 0.4) is 0 Å². The molecule has 0 saturated heterocycles. The molecule has 3 heteroatoms. The number of ether oxygens (including phenoxy) is 1. The van der Waals surface area contributed by atoms with E-state index in [9.17, 15) is 5.11 Å². The Kier molecular flexibility index (Phi) is 5.03. The van der Waals surface area contributed by atoms with Gasteiger partial charge in [0.1, 0.15) is 0 Å². The molecule has 0 aliphatic heterocycles. The van der Waals surface area contributed by atoms with Crippen molar-refractivity contribution in [1.29, 1.82) is 0 Å². The van der Waals surface area contributed by atoms with Gasteiger partial charge in [-0.3, -0.25) is 0 Å². The van der Waals surface area contributed by atoms with Crippen molar-refractivity contribution in [3.05, 3.63) is 0 Å². The van der Waals surface area contributed by atoms with Crippen LogP contribution in [0.25, 0.3) is 0 Å². The van der Waals surface area contributed by atoms with E-state index >= 15 is 0 Å². The van der Waals surface area contributed by atoms with Crippen molar-refractivity contribution in [2.24, 2.45) is 0 Å². The first-order valence-corrected chi connectivity index (χ1v) is 6.06. The summed E-state index contributed by atoms with van der Waals surface area (Å²) in [5.74, 6) is 0. The Morgan fingerprint density at radius 2 is 1.93 bits per heavy atom. The summed E-state index contributed by atoms with van der Waals surface area (Å²) >= 11 is 0. The molecule has 0 aromatic heterocycles. The summed E-state index contributed by atoms with van der Waals surface area (Å²) in [6, 6.07) is 0.564. The maximum absolute atomic E-state index is 9.86. The maximum Gasteiger partial charge on any atom is 0.0741 e. The molecule has 0 aromatic rings. The molecule has 0 radical (unpaired) electrons. The van der Waals surface area contributed by atoms with Gasteiger partial charge >= 0.3 is 0 Å².